The molecule has 0 heterocycles. The molecule has 3 N–H and O–H groups in total. The quantitative estimate of drug-likeness (QED) is 0.622. The number of halogens is 1. The van der Waals surface area contributed by atoms with Crippen LogP contribution in [0, 0.1) is 24.1 Å². The van der Waals surface area contributed by atoms with Crippen molar-refractivity contribution >= 4 is 0 Å². The summed E-state index contributed by atoms with van der Waals surface area (Å²) >= 11 is 0. The van der Waals surface area contributed by atoms with Gasteiger partial charge in [-0.15, -0.1) is 0 Å². The summed E-state index contributed by atoms with van der Waals surface area (Å²) in [5, 5.41) is 0. The monoisotopic (exact) mass is 266 g/mol. The average Bonchev–Trinajstić information content (AvgIpc) is 2.24. The SMILES string of the molecule is Cc1cc(F)ccc1C(CC(C)CC(C)(C)C)NN. The molecule has 0 aliphatic rings. The van der Waals surface area contributed by atoms with Crippen LogP contribution in [0.1, 0.15) is 57.7 Å². The van der Waals surface area contributed by atoms with Gasteiger partial charge in [0.05, 0.1) is 0 Å². The van der Waals surface area contributed by atoms with E-state index >= 15 is 0 Å². The van der Waals surface area contributed by atoms with Crippen molar-refractivity contribution in [1.29, 1.82) is 0 Å². The summed E-state index contributed by atoms with van der Waals surface area (Å²) < 4.78 is 13.1. The topological polar surface area (TPSA) is 38.0 Å². The molecule has 2 nitrogen and oxygen atoms in total. The third-order valence-electron chi connectivity index (χ3n) is 3.41. The summed E-state index contributed by atoms with van der Waals surface area (Å²) in [6.07, 6.45) is 2.10. The van der Waals surface area contributed by atoms with Crippen molar-refractivity contribution in [3.8, 4) is 0 Å². The average molecular weight is 266 g/mol. The Labute approximate surface area is 116 Å². The van der Waals surface area contributed by atoms with Crippen LogP contribution in [0.3, 0.4) is 0 Å². The number of benzene rings is 1. The minimum absolute atomic E-state index is 0.0814. The first-order valence-corrected chi connectivity index (χ1v) is 6.95. The Bertz CT molecular complexity index is 410. The summed E-state index contributed by atoms with van der Waals surface area (Å²) in [6.45, 7) is 10.9. The van der Waals surface area contributed by atoms with Gasteiger partial charge in [0.15, 0.2) is 0 Å². The molecule has 19 heavy (non-hydrogen) atoms. The van der Waals surface area contributed by atoms with Gasteiger partial charge in [-0.1, -0.05) is 33.8 Å². The van der Waals surface area contributed by atoms with Gasteiger partial charge in [-0.05, 0) is 54.4 Å². The van der Waals surface area contributed by atoms with Gasteiger partial charge in [-0.2, -0.15) is 0 Å². The second-order valence-corrected chi connectivity index (χ2v) is 6.83. The number of aryl methyl sites for hydroxylation is 1. The second-order valence-electron chi connectivity index (χ2n) is 6.83. The van der Waals surface area contributed by atoms with Crippen molar-refractivity contribution in [1.82, 2.24) is 5.43 Å². The zero-order chi connectivity index (χ0) is 14.6. The first-order valence-electron chi connectivity index (χ1n) is 6.95. The van der Waals surface area contributed by atoms with E-state index in [4.69, 9.17) is 5.84 Å². The molecular weight excluding hydrogens is 239 g/mol. The normalized spacial score (nSPS) is 15.3. The summed E-state index contributed by atoms with van der Waals surface area (Å²) in [5.74, 6) is 6.05. The van der Waals surface area contributed by atoms with Crippen molar-refractivity contribution in [2.45, 2.75) is 53.5 Å². The fourth-order valence-corrected chi connectivity index (χ4v) is 2.85. The van der Waals surface area contributed by atoms with Crippen molar-refractivity contribution in [3.63, 3.8) is 0 Å². The molecular formula is C16H27FN2. The molecule has 1 rings (SSSR count). The lowest BCUT2D eigenvalue weighted by Gasteiger charge is -2.27. The molecule has 0 bridgehead atoms. The Morgan fingerprint density at radius 1 is 1.32 bits per heavy atom. The van der Waals surface area contributed by atoms with E-state index in [0.717, 1.165) is 24.0 Å². The third-order valence-corrected chi connectivity index (χ3v) is 3.41. The fraction of sp³-hybridized carbons (Fsp3) is 0.625. The van der Waals surface area contributed by atoms with Crippen LogP contribution < -0.4 is 11.3 Å². The van der Waals surface area contributed by atoms with E-state index in [1.807, 2.05) is 13.0 Å². The highest BCUT2D eigenvalue weighted by Crippen LogP contribution is 2.31. The van der Waals surface area contributed by atoms with E-state index in [0.29, 0.717) is 11.3 Å². The molecule has 1 aromatic carbocycles. The molecule has 0 aliphatic heterocycles. The maximum atomic E-state index is 13.1. The predicted octanol–water partition coefficient (Wildman–Crippen LogP) is 4.10. The highest BCUT2D eigenvalue weighted by atomic mass is 19.1. The lowest BCUT2D eigenvalue weighted by atomic mass is 9.81. The molecule has 0 amide bonds. The van der Waals surface area contributed by atoms with Gasteiger partial charge in [0, 0.05) is 6.04 Å². The van der Waals surface area contributed by atoms with Gasteiger partial charge in [0.25, 0.3) is 0 Å². The molecule has 0 radical (unpaired) electrons. The van der Waals surface area contributed by atoms with Crippen LogP contribution in [0.15, 0.2) is 18.2 Å². The molecule has 0 spiro atoms. The Balaban J connectivity index is 2.78. The largest absolute Gasteiger partial charge is 0.271 e. The minimum Gasteiger partial charge on any atom is -0.271 e. The van der Waals surface area contributed by atoms with Gasteiger partial charge >= 0.3 is 0 Å². The molecule has 3 heteroatoms. The maximum Gasteiger partial charge on any atom is 0.123 e. The Kier molecular flexibility index (Phi) is 5.50. The lowest BCUT2D eigenvalue weighted by molar-refractivity contribution is 0.276. The second kappa shape index (κ2) is 6.49. The summed E-state index contributed by atoms with van der Waals surface area (Å²) in [4.78, 5) is 0. The molecule has 2 unspecified atom stereocenters. The van der Waals surface area contributed by atoms with Crippen LogP contribution in [0.25, 0.3) is 0 Å². The van der Waals surface area contributed by atoms with Gasteiger partial charge in [-0.25, -0.2) is 4.39 Å². The van der Waals surface area contributed by atoms with Gasteiger partial charge < -0.3 is 0 Å². The minimum atomic E-state index is -0.195. The number of nitrogens with two attached hydrogens (primary N) is 1. The summed E-state index contributed by atoms with van der Waals surface area (Å²) in [5.41, 5.74) is 5.23. The lowest BCUT2D eigenvalue weighted by Crippen LogP contribution is -2.30. The predicted molar refractivity (Wildman–Crippen MR) is 79.1 cm³/mol. The highest BCUT2D eigenvalue weighted by Gasteiger charge is 2.20. The van der Waals surface area contributed by atoms with Crippen LogP contribution in [0.4, 0.5) is 4.39 Å². The van der Waals surface area contributed by atoms with Crippen molar-refractivity contribution < 1.29 is 4.39 Å². The zero-order valence-corrected chi connectivity index (χ0v) is 12.8. The molecule has 0 aromatic heterocycles. The first-order chi connectivity index (χ1) is 8.73. The van der Waals surface area contributed by atoms with Crippen molar-refractivity contribution in [2.75, 3.05) is 0 Å². The Morgan fingerprint density at radius 3 is 2.42 bits per heavy atom. The summed E-state index contributed by atoms with van der Waals surface area (Å²) in [6, 6.07) is 4.98. The molecule has 0 aliphatic carbocycles. The van der Waals surface area contributed by atoms with Gasteiger partial charge in [-0.3, -0.25) is 11.3 Å². The smallest absolute Gasteiger partial charge is 0.123 e. The molecule has 0 saturated carbocycles. The number of hydrogen-bond acceptors (Lipinski definition) is 2. The number of nitrogens with one attached hydrogen (secondary N) is 1. The van der Waals surface area contributed by atoms with E-state index < -0.39 is 0 Å². The van der Waals surface area contributed by atoms with E-state index in [2.05, 4.69) is 33.1 Å². The highest BCUT2D eigenvalue weighted by molar-refractivity contribution is 5.29. The van der Waals surface area contributed by atoms with E-state index in [1.165, 1.54) is 6.07 Å². The van der Waals surface area contributed by atoms with Crippen LogP contribution >= 0.6 is 0 Å². The van der Waals surface area contributed by atoms with E-state index in [9.17, 15) is 4.39 Å². The number of hydrazine groups is 1. The number of rotatable bonds is 5. The van der Waals surface area contributed by atoms with Crippen LogP contribution in [-0.2, 0) is 0 Å². The van der Waals surface area contributed by atoms with Crippen LogP contribution in [0.2, 0.25) is 0 Å². The van der Waals surface area contributed by atoms with Crippen LogP contribution in [0.5, 0.6) is 0 Å². The molecule has 2 atom stereocenters. The third kappa shape index (κ3) is 5.29. The standard InChI is InChI=1S/C16H27FN2/c1-11(10-16(3,4)5)8-15(19-18)14-7-6-13(17)9-12(14)2/h6-7,9,11,15,19H,8,10,18H2,1-5H3. The summed E-state index contributed by atoms with van der Waals surface area (Å²) in [7, 11) is 0. The van der Waals surface area contributed by atoms with E-state index in [1.54, 1.807) is 6.07 Å². The van der Waals surface area contributed by atoms with Crippen molar-refractivity contribution in [2.24, 2.45) is 17.2 Å². The van der Waals surface area contributed by atoms with Gasteiger partial charge in [0.1, 0.15) is 5.82 Å². The maximum absolute atomic E-state index is 13.1. The van der Waals surface area contributed by atoms with Gasteiger partial charge in [0.2, 0.25) is 0 Å². The first kappa shape index (κ1) is 16.1. The van der Waals surface area contributed by atoms with Crippen molar-refractivity contribution in [3.05, 3.63) is 35.1 Å². The molecule has 0 fully saturated rings. The fourth-order valence-electron chi connectivity index (χ4n) is 2.85. The molecule has 108 valence electrons. The van der Waals surface area contributed by atoms with E-state index in [-0.39, 0.29) is 11.9 Å². The Hall–Kier alpha value is -0.930. The van der Waals surface area contributed by atoms with Crippen LogP contribution in [-0.4, -0.2) is 0 Å². The zero-order valence-electron chi connectivity index (χ0n) is 12.8. The molecule has 0 saturated heterocycles. The molecule has 1 aromatic rings. The Morgan fingerprint density at radius 2 is 1.95 bits per heavy atom. The number of hydrogen-bond donors (Lipinski definition) is 2.